The molecule has 1 atom stereocenters. The van der Waals surface area contributed by atoms with E-state index in [0.29, 0.717) is 0 Å². The lowest BCUT2D eigenvalue weighted by Gasteiger charge is -2.14. The molecule has 0 aliphatic rings. The topological polar surface area (TPSA) is 34.1 Å². The van der Waals surface area contributed by atoms with Crippen LogP contribution in [0.25, 0.3) is 0 Å². The van der Waals surface area contributed by atoms with Crippen molar-refractivity contribution in [2.45, 2.75) is 19.4 Å². The highest BCUT2D eigenvalue weighted by Crippen LogP contribution is 2.21. The fourth-order valence-electron chi connectivity index (χ4n) is 1.84. The number of methoxy groups -OCH3 is 1. The third-order valence-corrected chi connectivity index (χ3v) is 3.79. The van der Waals surface area contributed by atoms with Gasteiger partial charge >= 0.3 is 0 Å². The van der Waals surface area contributed by atoms with Gasteiger partial charge in [-0.15, -0.1) is 11.3 Å². The molecular formula is C14H17FN2OS. The van der Waals surface area contributed by atoms with Gasteiger partial charge in [-0.25, -0.2) is 9.37 Å². The van der Waals surface area contributed by atoms with Crippen molar-refractivity contribution in [1.82, 2.24) is 10.3 Å². The van der Waals surface area contributed by atoms with Crippen molar-refractivity contribution in [3.05, 3.63) is 46.2 Å². The first-order chi connectivity index (χ1) is 9.20. The van der Waals surface area contributed by atoms with E-state index in [0.717, 1.165) is 23.5 Å². The average molecular weight is 280 g/mol. The number of ether oxygens (including phenoxy) is 1. The predicted octanol–water partition coefficient (Wildman–Crippen LogP) is 3.18. The second-order valence-corrected chi connectivity index (χ2v) is 5.22. The molecule has 0 saturated heterocycles. The zero-order chi connectivity index (χ0) is 13.7. The Labute approximate surface area is 116 Å². The lowest BCUT2D eigenvalue weighted by molar-refractivity contribution is 0.385. The predicted molar refractivity (Wildman–Crippen MR) is 75.2 cm³/mol. The first kappa shape index (κ1) is 14.0. The van der Waals surface area contributed by atoms with Gasteiger partial charge in [-0.1, -0.05) is 6.07 Å². The molecule has 1 N–H and O–H groups in total. The highest BCUT2D eigenvalue weighted by Gasteiger charge is 2.09. The molecule has 0 aliphatic carbocycles. The minimum absolute atomic E-state index is 0.0976. The monoisotopic (exact) mass is 280 g/mol. The maximum Gasteiger partial charge on any atom is 0.165 e. The summed E-state index contributed by atoms with van der Waals surface area (Å²) >= 11 is 1.65. The van der Waals surface area contributed by atoms with E-state index in [1.54, 1.807) is 17.4 Å². The van der Waals surface area contributed by atoms with Gasteiger partial charge in [0.2, 0.25) is 0 Å². The largest absolute Gasteiger partial charge is 0.494 e. The summed E-state index contributed by atoms with van der Waals surface area (Å²) in [6, 6.07) is 5.15. The molecule has 5 heteroatoms. The Balaban J connectivity index is 1.88. The number of rotatable bonds is 6. The highest BCUT2D eigenvalue weighted by molar-refractivity contribution is 7.09. The van der Waals surface area contributed by atoms with Crippen LogP contribution in [0.15, 0.2) is 29.8 Å². The molecule has 0 aliphatic heterocycles. The van der Waals surface area contributed by atoms with Crippen molar-refractivity contribution in [2.24, 2.45) is 0 Å². The molecule has 0 amide bonds. The molecule has 0 bridgehead atoms. The summed E-state index contributed by atoms with van der Waals surface area (Å²) < 4.78 is 18.5. The number of nitrogens with one attached hydrogen (secondary N) is 1. The molecule has 3 nitrogen and oxygen atoms in total. The Hall–Kier alpha value is -1.46. The Morgan fingerprint density at radius 2 is 2.32 bits per heavy atom. The molecule has 1 aromatic heterocycles. The van der Waals surface area contributed by atoms with Crippen LogP contribution >= 0.6 is 11.3 Å². The zero-order valence-corrected chi connectivity index (χ0v) is 11.8. The van der Waals surface area contributed by atoms with Crippen LogP contribution in [0, 0.1) is 5.82 Å². The fourth-order valence-corrected chi connectivity index (χ4v) is 2.46. The summed E-state index contributed by atoms with van der Waals surface area (Å²) in [4.78, 5) is 4.22. The van der Waals surface area contributed by atoms with E-state index < -0.39 is 0 Å². The summed E-state index contributed by atoms with van der Waals surface area (Å²) in [5, 5.41) is 6.44. The van der Waals surface area contributed by atoms with Gasteiger partial charge in [-0.2, -0.15) is 0 Å². The molecule has 0 spiro atoms. The molecule has 2 aromatic rings. The molecule has 0 radical (unpaired) electrons. The van der Waals surface area contributed by atoms with Crippen molar-refractivity contribution in [2.75, 3.05) is 13.7 Å². The van der Waals surface area contributed by atoms with Crippen molar-refractivity contribution < 1.29 is 9.13 Å². The summed E-state index contributed by atoms with van der Waals surface area (Å²) in [5.74, 6) is -0.0488. The number of benzene rings is 1. The van der Waals surface area contributed by atoms with Crippen LogP contribution in [0.2, 0.25) is 0 Å². The first-order valence-corrected chi connectivity index (χ1v) is 7.04. The second-order valence-electron chi connectivity index (χ2n) is 4.25. The number of thiazole rings is 1. The van der Waals surface area contributed by atoms with Crippen LogP contribution in [-0.2, 0) is 6.42 Å². The smallest absolute Gasteiger partial charge is 0.165 e. The summed E-state index contributed by atoms with van der Waals surface area (Å²) in [7, 11) is 1.47. The average Bonchev–Trinajstić information content (AvgIpc) is 2.91. The summed E-state index contributed by atoms with van der Waals surface area (Å²) in [6.07, 6.45) is 2.70. The van der Waals surface area contributed by atoms with Crippen LogP contribution in [0.3, 0.4) is 0 Å². The molecular weight excluding hydrogens is 263 g/mol. The third kappa shape index (κ3) is 3.75. The lowest BCUT2D eigenvalue weighted by Crippen LogP contribution is -2.21. The van der Waals surface area contributed by atoms with E-state index in [4.69, 9.17) is 4.74 Å². The highest BCUT2D eigenvalue weighted by atomic mass is 32.1. The fraction of sp³-hybridized carbons (Fsp3) is 0.357. The molecule has 1 aromatic carbocycles. The Morgan fingerprint density at radius 3 is 2.95 bits per heavy atom. The lowest BCUT2D eigenvalue weighted by atomic mass is 10.1. The Kier molecular flexibility index (Phi) is 4.87. The van der Waals surface area contributed by atoms with Crippen LogP contribution in [0.1, 0.15) is 23.5 Å². The van der Waals surface area contributed by atoms with Crippen LogP contribution < -0.4 is 10.1 Å². The van der Waals surface area contributed by atoms with Gasteiger partial charge in [0.25, 0.3) is 0 Å². The van der Waals surface area contributed by atoms with E-state index in [1.165, 1.54) is 13.2 Å². The van der Waals surface area contributed by atoms with Gasteiger partial charge in [0, 0.05) is 30.6 Å². The number of nitrogens with zero attached hydrogens (tertiary/aromatic N) is 1. The molecule has 2 rings (SSSR count). The standard InChI is InChI=1S/C14H17FN2OS/c1-10(16-6-5-14-17-7-8-19-14)11-3-4-13(18-2)12(15)9-11/h3-4,7-10,16H,5-6H2,1-2H3. The van der Waals surface area contributed by atoms with Gasteiger partial charge < -0.3 is 10.1 Å². The molecule has 102 valence electrons. The normalized spacial score (nSPS) is 12.4. The van der Waals surface area contributed by atoms with Crippen molar-refractivity contribution in [1.29, 1.82) is 0 Å². The minimum Gasteiger partial charge on any atom is -0.494 e. The minimum atomic E-state index is -0.325. The van der Waals surface area contributed by atoms with E-state index in [-0.39, 0.29) is 17.6 Å². The van der Waals surface area contributed by atoms with Gasteiger partial charge in [0.15, 0.2) is 11.6 Å². The maximum atomic E-state index is 13.6. The quantitative estimate of drug-likeness (QED) is 0.882. The molecule has 0 saturated carbocycles. The molecule has 0 fully saturated rings. The number of hydrogen-bond acceptors (Lipinski definition) is 4. The number of hydrogen-bond donors (Lipinski definition) is 1. The van der Waals surface area contributed by atoms with Crippen molar-refractivity contribution >= 4 is 11.3 Å². The van der Waals surface area contributed by atoms with Gasteiger partial charge in [0.05, 0.1) is 12.1 Å². The SMILES string of the molecule is COc1ccc(C(C)NCCc2nccs2)cc1F. The number of aromatic nitrogens is 1. The number of halogens is 1. The van der Waals surface area contributed by atoms with E-state index in [2.05, 4.69) is 10.3 Å². The molecule has 1 unspecified atom stereocenters. The van der Waals surface area contributed by atoms with E-state index in [1.807, 2.05) is 24.6 Å². The maximum absolute atomic E-state index is 13.6. The van der Waals surface area contributed by atoms with Crippen molar-refractivity contribution in [3.8, 4) is 5.75 Å². The van der Waals surface area contributed by atoms with Crippen LogP contribution in [0.4, 0.5) is 4.39 Å². The molecule has 1 heterocycles. The Bertz CT molecular complexity index is 516. The van der Waals surface area contributed by atoms with E-state index >= 15 is 0 Å². The van der Waals surface area contributed by atoms with Crippen LogP contribution in [-0.4, -0.2) is 18.6 Å². The van der Waals surface area contributed by atoms with Crippen LogP contribution in [0.5, 0.6) is 5.75 Å². The van der Waals surface area contributed by atoms with Gasteiger partial charge in [-0.05, 0) is 24.6 Å². The Morgan fingerprint density at radius 1 is 1.47 bits per heavy atom. The molecule has 19 heavy (non-hydrogen) atoms. The van der Waals surface area contributed by atoms with E-state index in [9.17, 15) is 4.39 Å². The first-order valence-electron chi connectivity index (χ1n) is 6.16. The zero-order valence-electron chi connectivity index (χ0n) is 11.0. The van der Waals surface area contributed by atoms with Gasteiger partial charge in [0.1, 0.15) is 0 Å². The third-order valence-electron chi connectivity index (χ3n) is 2.95. The van der Waals surface area contributed by atoms with Crippen molar-refractivity contribution in [3.63, 3.8) is 0 Å². The summed E-state index contributed by atoms with van der Waals surface area (Å²) in [6.45, 7) is 2.84. The van der Waals surface area contributed by atoms with Gasteiger partial charge in [-0.3, -0.25) is 0 Å². The summed E-state index contributed by atoms with van der Waals surface area (Å²) in [5.41, 5.74) is 0.914. The second kappa shape index (κ2) is 6.63.